The van der Waals surface area contributed by atoms with Gasteiger partial charge in [-0.25, -0.2) is 0 Å². The van der Waals surface area contributed by atoms with E-state index in [-0.39, 0.29) is 11.3 Å². The number of nitrogens with one attached hydrogen (secondary N) is 1. The van der Waals surface area contributed by atoms with Crippen molar-refractivity contribution in [3.8, 4) is 0 Å². The largest absolute Gasteiger partial charge is 0.356 e. The second-order valence-corrected chi connectivity index (χ2v) is 5.59. The molecule has 0 aliphatic heterocycles. The van der Waals surface area contributed by atoms with Crippen LogP contribution in [0.15, 0.2) is 12.2 Å². The standard InChI is InChI=1S/C14H25NO/c1-5-15-13(16)10-14(4)8-6-12(7-9-14)11(2)3/h6,8,11-12H,5,7,9-10H2,1-4H3,(H,15,16). The van der Waals surface area contributed by atoms with Gasteiger partial charge in [-0.2, -0.15) is 0 Å². The summed E-state index contributed by atoms with van der Waals surface area (Å²) >= 11 is 0. The molecule has 0 saturated heterocycles. The predicted octanol–water partition coefficient (Wildman–Crippen LogP) is 3.14. The molecule has 2 nitrogen and oxygen atoms in total. The lowest BCUT2D eigenvalue weighted by Gasteiger charge is -2.33. The van der Waals surface area contributed by atoms with E-state index in [1.54, 1.807) is 0 Å². The van der Waals surface area contributed by atoms with Crippen molar-refractivity contribution < 1.29 is 4.79 Å². The van der Waals surface area contributed by atoms with E-state index in [0.29, 0.717) is 18.3 Å². The highest BCUT2D eigenvalue weighted by Crippen LogP contribution is 2.38. The first-order valence-electron chi connectivity index (χ1n) is 6.43. The van der Waals surface area contributed by atoms with Crippen LogP contribution in [0.5, 0.6) is 0 Å². The second kappa shape index (κ2) is 5.51. The average Bonchev–Trinajstić information content (AvgIpc) is 2.17. The van der Waals surface area contributed by atoms with E-state index in [4.69, 9.17) is 0 Å². The van der Waals surface area contributed by atoms with E-state index < -0.39 is 0 Å². The SMILES string of the molecule is CCNC(=O)CC1(C)C=CC(C(C)C)CC1. The van der Waals surface area contributed by atoms with Gasteiger partial charge >= 0.3 is 0 Å². The van der Waals surface area contributed by atoms with Gasteiger partial charge < -0.3 is 5.32 Å². The molecule has 0 aromatic heterocycles. The molecule has 1 N–H and O–H groups in total. The Balaban J connectivity index is 2.54. The quantitative estimate of drug-likeness (QED) is 0.729. The molecule has 0 fully saturated rings. The van der Waals surface area contributed by atoms with Crippen molar-refractivity contribution in [1.82, 2.24) is 5.32 Å². The lowest BCUT2D eigenvalue weighted by molar-refractivity contribution is -0.122. The Hall–Kier alpha value is -0.790. The summed E-state index contributed by atoms with van der Waals surface area (Å²) in [6, 6.07) is 0. The molecule has 1 aliphatic carbocycles. The summed E-state index contributed by atoms with van der Waals surface area (Å²) in [5.74, 6) is 1.59. The topological polar surface area (TPSA) is 29.1 Å². The minimum atomic E-state index is 0.0741. The highest BCUT2D eigenvalue weighted by Gasteiger charge is 2.29. The van der Waals surface area contributed by atoms with E-state index in [0.717, 1.165) is 13.0 Å². The van der Waals surface area contributed by atoms with Crippen molar-refractivity contribution in [2.75, 3.05) is 6.54 Å². The zero-order valence-electron chi connectivity index (χ0n) is 11.0. The van der Waals surface area contributed by atoms with Crippen LogP contribution in [0.4, 0.5) is 0 Å². The fourth-order valence-electron chi connectivity index (χ4n) is 2.36. The van der Waals surface area contributed by atoms with Crippen LogP contribution in [-0.4, -0.2) is 12.5 Å². The Morgan fingerprint density at radius 2 is 2.25 bits per heavy atom. The second-order valence-electron chi connectivity index (χ2n) is 5.59. The molecule has 2 unspecified atom stereocenters. The first-order valence-corrected chi connectivity index (χ1v) is 6.43. The van der Waals surface area contributed by atoms with Gasteiger partial charge in [0.1, 0.15) is 0 Å². The van der Waals surface area contributed by atoms with Gasteiger partial charge in [0.15, 0.2) is 0 Å². The lowest BCUT2D eigenvalue weighted by atomic mass is 9.72. The third-order valence-electron chi connectivity index (χ3n) is 3.59. The summed E-state index contributed by atoms with van der Waals surface area (Å²) < 4.78 is 0. The molecular weight excluding hydrogens is 198 g/mol. The van der Waals surface area contributed by atoms with E-state index in [9.17, 15) is 4.79 Å². The zero-order chi connectivity index (χ0) is 12.2. The number of carbonyl (C=O) groups is 1. The van der Waals surface area contributed by atoms with E-state index >= 15 is 0 Å². The van der Waals surface area contributed by atoms with Crippen molar-refractivity contribution in [2.24, 2.45) is 17.3 Å². The summed E-state index contributed by atoms with van der Waals surface area (Å²) in [5.41, 5.74) is 0.0741. The van der Waals surface area contributed by atoms with Gasteiger partial charge in [0.25, 0.3) is 0 Å². The van der Waals surface area contributed by atoms with Crippen molar-refractivity contribution in [1.29, 1.82) is 0 Å². The maximum absolute atomic E-state index is 11.6. The molecule has 0 heterocycles. The molecule has 16 heavy (non-hydrogen) atoms. The van der Waals surface area contributed by atoms with Crippen LogP contribution < -0.4 is 5.32 Å². The minimum Gasteiger partial charge on any atom is -0.356 e. The summed E-state index contributed by atoms with van der Waals surface area (Å²) in [6.45, 7) is 9.41. The fourth-order valence-corrected chi connectivity index (χ4v) is 2.36. The molecule has 2 heteroatoms. The van der Waals surface area contributed by atoms with Gasteiger partial charge in [-0.15, -0.1) is 0 Å². The summed E-state index contributed by atoms with van der Waals surface area (Å²) in [7, 11) is 0. The third kappa shape index (κ3) is 3.66. The molecule has 92 valence electrons. The molecule has 0 aromatic rings. The Bertz CT molecular complexity index is 270. The summed E-state index contributed by atoms with van der Waals surface area (Å²) in [5, 5.41) is 2.88. The van der Waals surface area contributed by atoms with Crippen LogP contribution in [0.3, 0.4) is 0 Å². The predicted molar refractivity (Wildman–Crippen MR) is 68.1 cm³/mol. The van der Waals surface area contributed by atoms with Crippen LogP contribution >= 0.6 is 0 Å². The van der Waals surface area contributed by atoms with Crippen molar-refractivity contribution in [2.45, 2.75) is 47.0 Å². The minimum absolute atomic E-state index is 0.0741. The number of rotatable bonds is 4. The number of carbonyl (C=O) groups excluding carboxylic acids is 1. The molecule has 0 saturated carbocycles. The number of hydrogen-bond acceptors (Lipinski definition) is 1. The van der Waals surface area contributed by atoms with Crippen LogP contribution in [0.2, 0.25) is 0 Å². The van der Waals surface area contributed by atoms with E-state index in [2.05, 4.69) is 38.2 Å². The van der Waals surface area contributed by atoms with Gasteiger partial charge in [0.2, 0.25) is 5.91 Å². The number of amides is 1. The number of hydrogen-bond donors (Lipinski definition) is 1. The monoisotopic (exact) mass is 223 g/mol. The fraction of sp³-hybridized carbons (Fsp3) is 0.786. The Morgan fingerprint density at radius 1 is 1.56 bits per heavy atom. The van der Waals surface area contributed by atoms with Gasteiger partial charge in [-0.3, -0.25) is 4.79 Å². The van der Waals surface area contributed by atoms with Gasteiger partial charge in [-0.1, -0.05) is 32.9 Å². The summed E-state index contributed by atoms with van der Waals surface area (Å²) in [6.07, 6.45) is 7.54. The van der Waals surface area contributed by atoms with Crippen molar-refractivity contribution >= 4 is 5.91 Å². The Morgan fingerprint density at radius 3 is 2.69 bits per heavy atom. The van der Waals surface area contributed by atoms with Gasteiger partial charge in [0, 0.05) is 13.0 Å². The number of allylic oxidation sites excluding steroid dienone is 2. The highest BCUT2D eigenvalue weighted by atomic mass is 16.1. The van der Waals surface area contributed by atoms with E-state index in [1.807, 2.05) is 6.92 Å². The molecule has 1 aliphatic rings. The van der Waals surface area contributed by atoms with Gasteiger partial charge in [0.05, 0.1) is 0 Å². The molecule has 0 bridgehead atoms. The van der Waals surface area contributed by atoms with Crippen molar-refractivity contribution in [3.05, 3.63) is 12.2 Å². The Labute approximate surface area is 99.5 Å². The maximum atomic E-state index is 11.6. The lowest BCUT2D eigenvalue weighted by Crippen LogP contribution is -2.31. The van der Waals surface area contributed by atoms with Crippen molar-refractivity contribution in [3.63, 3.8) is 0 Å². The molecule has 1 amide bonds. The normalized spacial score (nSPS) is 29.4. The molecule has 0 spiro atoms. The molecule has 0 radical (unpaired) electrons. The highest BCUT2D eigenvalue weighted by molar-refractivity contribution is 5.76. The first kappa shape index (κ1) is 13.3. The van der Waals surface area contributed by atoms with Crippen LogP contribution in [0, 0.1) is 17.3 Å². The molecule has 2 atom stereocenters. The van der Waals surface area contributed by atoms with E-state index in [1.165, 1.54) is 6.42 Å². The zero-order valence-corrected chi connectivity index (χ0v) is 11.0. The van der Waals surface area contributed by atoms with Gasteiger partial charge in [-0.05, 0) is 37.0 Å². The van der Waals surface area contributed by atoms with Crippen LogP contribution in [0.25, 0.3) is 0 Å². The smallest absolute Gasteiger partial charge is 0.220 e. The van der Waals surface area contributed by atoms with Crippen LogP contribution in [-0.2, 0) is 4.79 Å². The average molecular weight is 223 g/mol. The molecule has 0 aromatic carbocycles. The maximum Gasteiger partial charge on any atom is 0.220 e. The Kier molecular flexibility index (Phi) is 4.57. The molecule has 1 rings (SSSR count). The first-order chi connectivity index (χ1) is 7.47. The third-order valence-corrected chi connectivity index (χ3v) is 3.59. The van der Waals surface area contributed by atoms with Crippen LogP contribution in [0.1, 0.15) is 47.0 Å². The molecular formula is C14H25NO. The summed E-state index contributed by atoms with van der Waals surface area (Å²) in [4.78, 5) is 11.6.